The van der Waals surface area contributed by atoms with Crippen molar-refractivity contribution in [2.24, 2.45) is 0 Å². The molecule has 0 fully saturated rings. The number of carbonyl (C=O) groups is 3. The molecule has 0 atom stereocenters. The Morgan fingerprint density at radius 2 is 1.68 bits per heavy atom. The van der Waals surface area contributed by atoms with E-state index in [-0.39, 0.29) is 22.4 Å². The van der Waals surface area contributed by atoms with Gasteiger partial charge in [-0.15, -0.1) is 0 Å². The largest absolute Gasteiger partial charge is 0.355 e. The summed E-state index contributed by atoms with van der Waals surface area (Å²) in [6.45, 7) is 0. The number of hydrogen-bond donors (Lipinski definition) is 3. The second kappa shape index (κ2) is 8.69. The van der Waals surface area contributed by atoms with E-state index in [9.17, 15) is 14.4 Å². The highest BCUT2D eigenvalue weighted by atomic mass is 35.5. The third-order valence-electron chi connectivity index (χ3n) is 3.90. The summed E-state index contributed by atoms with van der Waals surface area (Å²) >= 11 is 7.45. The van der Waals surface area contributed by atoms with Crippen LogP contribution in [-0.2, 0) is 0 Å². The number of hydrogen-bond acceptors (Lipinski definition) is 4. The molecule has 1 aromatic heterocycles. The molecule has 8 heteroatoms. The predicted octanol–water partition coefficient (Wildman–Crippen LogP) is 4.27. The van der Waals surface area contributed by atoms with Gasteiger partial charge in [-0.05, 0) is 41.8 Å². The van der Waals surface area contributed by atoms with Gasteiger partial charge in [0.15, 0.2) is 0 Å². The van der Waals surface area contributed by atoms with Crippen molar-refractivity contribution in [1.82, 2.24) is 5.32 Å². The van der Waals surface area contributed by atoms with Crippen LogP contribution in [0.3, 0.4) is 0 Å². The summed E-state index contributed by atoms with van der Waals surface area (Å²) in [5, 5.41) is 11.8. The van der Waals surface area contributed by atoms with Crippen LogP contribution >= 0.6 is 22.9 Å². The van der Waals surface area contributed by atoms with Crippen LogP contribution in [0.2, 0.25) is 5.02 Å². The van der Waals surface area contributed by atoms with Gasteiger partial charge in [-0.3, -0.25) is 14.4 Å². The molecule has 0 spiro atoms. The molecule has 0 saturated carbocycles. The maximum Gasteiger partial charge on any atom is 0.257 e. The Balaban J connectivity index is 1.82. The molecule has 0 aliphatic rings. The van der Waals surface area contributed by atoms with Crippen molar-refractivity contribution < 1.29 is 14.4 Å². The molecular weight excluding hydrogens is 398 g/mol. The average molecular weight is 414 g/mol. The lowest BCUT2D eigenvalue weighted by Crippen LogP contribution is -2.20. The second-order valence-electron chi connectivity index (χ2n) is 5.74. The maximum absolute atomic E-state index is 12.7. The van der Waals surface area contributed by atoms with Crippen molar-refractivity contribution in [1.29, 1.82) is 0 Å². The topological polar surface area (TPSA) is 87.3 Å². The van der Waals surface area contributed by atoms with Crippen molar-refractivity contribution in [3.8, 4) is 0 Å². The number of benzene rings is 2. The molecule has 3 aromatic rings. The van der Waals surface area contributed by atoms with Gasteiger partial charge >= 0.3 is 0 Å². The molecule has 3 rings (SSSR count). The third kappa shape index (κ3) is 4.39. The first-order chi connectivity index (χ1) is 13.5. The first-order valence-corrected chi connectivity index (χ1v) is 9.57. The summed E-state index contributed by atoms with van der Waals surface area (Å²) < 4.78 is 0. The van der Waals surface area contributed by atoms with E-state index in [0.29, 0.717) is 22.5 Å². The van der Waals surface area contributed by atoms with Gasteiger partial charge in [0.25, 0.3) is 17.7 Å². The van der Waals surface area contributed by atoms with Gasteiger partial charge in [-0.25, -0.2) is 0 Å². The van der Waals surface area contributed by atoms with E-state index in [1.54, 1.807) is 47.2 Å². The highest BCUT2D eigenvalue weighted by molar-refractivity contribution is 7.08. The second-order valence-corrected chi connectivity index (χ2v) is 6.93. The Hall–Kier alpha value is -3.16. The molecular formula is C20H16ClN3O3S. The van der Waals surface area contributed by atoms with Crippen LogP contribution in [0.4, 0.5) is 11.4 Å². The highest BCUT2D eigenvalue weighted by Crippen LogP contribution is 2.23. The molecule has 28 heavy (non-hydrogen) atoms. The number of rotatable bonds is 5. The zero-order chi connectivity index (χ0) is 20.1. The molecule has 3 amide bonds. The summed E-state index contributed by atoms with van der Waals surface area (Å²) in [6.07, 6.45) is 0. The van der Waals surface area contributed by atoms with Gasteiger partial charge < -0.3 is 16.0 Å². The lowest BCUT2D eigenvalue weighted by molar-refractivity contribution is 0.0960. The number of anilines is 2. The zero-order valence-electron chi connectivity index (χ0n) is 14.8. The summed E-state index contributed by atoms with van der Waals surface area (Å²) in [6, 6.07) is 13.0. The van der Waals surface area contributed by atoms with Crippen LogP contribution in [0.1, 0.15) is 31.1 Å². The molecule has 0 bridgehead atoms. The van der Waals surface area contributed by atoms with Crippen molar-refractivity contribution in [2.45, 2.75) is 0 Å². The first kappa shape index (κ1) is 19.6. The van der Waals surface area contributed by atoms with Crippen molar-refractivity contribution in [3.63, 3.8) is 0 Å². The van der Waals surface area contributed by atoms with E-state index in [4.69, 9.17) is 11.6 Å². The van der Waals surface area contributed by atoms with Crippen LogP contribution in [0.5, 0.6) is 0 Å². The Morgan fingerprint density at radius 3 is 2.39 bits per heavy atom. The van der Waals surface area contributed by atoms with Gasteiger partial charge in [0, 0.05) is 18.1 Å². The average Bonchev–Trinajstić information content (AvgIpc) is 3.24. The van der Waals surface area contributed by atoms with E-state index in [2.05, 4.69) is 16.0 Å². The molecule has 3 N–H and O–H groups in total. The van der Waals surface area contributed by atoms with Gasteiger partial charge in [0.1, 0.15) is 0 Å². The minimum atomic E-state index is -0.425. The van der Waals surface area contributed by atoms with Gasteiger partial charge in [-0.2, -0.15) is 11.3 Å². The Kier molecular flexibility index (Phi) is 6.08. The zero-order valence-corrected chi connectivity index (χ0v) is 16.4. The standard InChI is InChI=1S/C20H16ClN3O3S/c1-22-19(26)15-10-13(6-7-16(15)21)23-20(27)14-4-2-3-5-17(14)24-18(25)12-8-9-28-11-12/h2-11H,1H3,(H,22,26)(H,23,27)(H,24,25). The number of amides is 3. The quantitative estimate of drug-likeness (QED) is 0.583. The fourth-order valence-electron chi connectivity index (χ4n) is 2.49. The van der Waals surface area contributed by atoms with Crippen molar-refractivity contribution >= 4 is 52.0 Å². The van der Waals surface area contributed by atoms with Gasteiger partial charge in [0.05, 0.1) is 27.4 Å². The maximum atomic E-state index is 12.7. The number of halogens is 1. The van der Waals surface area contributed by atoms with E-state index in [1.165, 1.54) is 30.5 Å². The lowest BCUT2D eigenvalue weighted by Gasteiger charge is -2.12. The molecule has 1 heterocycles. The van der Waals surface area contributed by atoms with Gasteiger partial charge in [0.2, 0.25) is 0 Å². The molecule has 0 unspecified atom stereocenters. The van der Waals surface area contributed by atoms with E-state index in [1.807, 2.05) is 0 Å². The summed E-state index contributed by atoms with van der Waals surface area (Å²) in [5.41, 5.74) is 1.86. The van der Waals surface area contributed by atoms with Crippen LogP contribution in [0.15, 0.2) is 59.3 Å². The SMILES string of the molecule is CNC(=O)c1cc(NC(=O)c2ccccc2NC(=O)c2ccsc2)ccc1Cl. The fourth-order valence-corrected chi connectivity index (χ4v) is 3.33. The number of carbonyl (C=O) groups excluding carboxylic acids is 3. The molecule has 6 nitrogen and oxygen atoms in total. The number of thiophene rings is 1. The minimum Gasteiger partial charge on any atom is -0.355 e. The summed E-state index contributed by atoms with van der Waals surface area (Å²) in [4.78, 5) is 36.9. The summed E-state index contributed by atoms with van der Waals surface area (Å²) in [7, 11) is 1.50. The van der Waals surface area contributed by atoms with Crippen LogP contribution in [-0.4, -0.2) is 24.8 Å². The van der Waals surface area contributed by atoms with Crippen LogP contribution in [0.25, 0.3) is 0 Å². The molecule has 0 aliphatic heterocycles. The Bertz CT molecular complexity index is 1030. The number of nitrogens with one attached hydrogen (secondary N) is 3. The Labute approximate surface area is 170 Å². The third-order valence-corrected chi connectivity index (χ3v) is 4.91. The van der Waals surface area contributed by atoms with Crippen molar-refractivity contribution in [2.75, 3.05) is 17.7 Å². The molecule has 2 aromatic carbocycles. The fraction of sp³-hybridized carbons (Fsp3) is 0.0500. The molecule has 0 radical (unpaired) electrons. The minimum absolute atomic E-state index is 0.251. The van der Waals surface area contributed by atoms with E-state index < -0.39 is 5.91 Å². The molecule has 0 aliphatic carbocycles. The predicted molar refractivity (Wildman–Crippen MR) is 112 cm³/mol. The van der Waals surface area contributed by atoms with Crippen LogP contribution < -0.4 is 16.0 Å². The van der Waals surface area contributed by atoms with Crippen molar-refractivity contribution in [3.05, 3.63) is 81.0 Å². The normalized spacial score (nSPS) is 10.2. The first-order valence-electron chi connectivity index (χ1n) is 8.25. The summed E-state index contributed by atoms with van der Waals surface area (Å²) in [5.74, 6) is -1.08. The van der Waals surface area contributed by atoms with E-state index in [0.717, 1.165) is 0 Å². The lowest BCUT2D eigenvalue weighted by atomic mass is 10.1. The molecule has 142 valence electrons. The smallest absolute Gasteiger partial charge is 0.257 e. The van der Waals surface area contributed by atoms with Gasteiger partial charge in [-0.1, -0.05) is 23.7 Å². The highest BCUT2D eigenvalue weighted by Gasteiger charge is 2.16. The Morgan fingerprint density at radius 1 is 0.893 bits per heavy atom. The van der Waals surface area contributed by atoms with E-state index >= 15 is 0 Å². The monoisotopic (exact) mass is 413 g/mol. The van der Waals surface area contributed by atoms with Crippen LogP contribution in [0, 0.1) is 0 Å². The molecule has 0 saturated heterocycles. The number of para-hydroxylation sites is 1.